The van der Waals surface area contributed by atoms with Crippen LogP contribution < -0.4 is 16.6 Å². The van der Waals surface area contributed by atoms with Crippen LogP contribution in [0.1, 0.15) is 25.7 Å². The molecule has 1 aliphatic rings. The lowest BCUT2D eigenvalue weighted by molar-refractivity contribution is -0.132. The fourth-order valence-electron chi connectivity index (χ4n) is 3.76. The Kier molecular flexibility index (Phi) is 7.42. The van der Waals surface area contributed by atoms with Gasteiger partial charge in [0.05, 0.1) is 6.33 Å². The van der Waals surface area contributed by atoms with E-state index in [1.807, 2.05) is 11.9 Å². The molecule has 0 spiro atoms. The van der Waals surface area contributed by atoms with Crippen molar-refractivity contribution >= 4 is 29.5 Å². The molecular weight excluding hydrogens is 384 g/mol. The number of nitrogens with zero attached hydrogens (tertiary/aromatic N) is 5. The highest BCUT2D eigenvalue weighted by molar-refractivity contribution is 5.85. The molecule has 1 N–H and O–H groups in total. The van der Waals surface area contributed by atoms with E-state index in [-0.39, 0.29) is 23.9 Å². The van der Waals surface area contributed by atoms with Gasteiger partial charge in [-0.15, -0.1) is 12.4 Å². The number of hydrogen-bond donors (Lipinski definition) is 1. The highest BCUT2D eigenvalue weighted by Crippen LogP contribution is 2.20. The number of hydrogen-bond acceptors (Lipinski definition) is 5. The summed E-state index contributed by atoms with van der Waals surface area (Å²) in [5, 5.41) is 3.18. The zero-order chi connectivity index (χ0) is 19.6. The number of nitrogens with one attached hydrogen (secondary N) is 1. The van der Waals surface area contributed by atoms with Crippen molar-refractivity contribution < 1.29 is 4.79 Å². The predicted octanol–water partition coefficient (Wildman–Crippen LogP) is 0.0937. The minimum atomic E-state index is -0.407. The Morgan fingerprint density at radius 2 is 1.89 bits per heavy atom. The summed E-state index contributed by atoms with van der Waals surface area (Å²) in [6.07, 6.45) is 5.09. The maximum Gasteiger partial charge on any atom is 0.332 e. The average Bonchev–Trinajstić information content (AvgIpc) is 3.11. The average molecular weight is 413 g/mol. The number of carbonyl (C=O) groups excluding carboxylic acids is 1. The Balaban J connectivity index is 0.00000280. The molecule has 3 heterocycles. The smallest absolute Gasteiger partial charge is 0.332 e. The topological polar surface area (TPSA) is 94.2 Å². The minimum absolute atomic E-state index is 0. The molecule has 0 aliphatic carbocycles. The summed E-state index contributed by atoms with van der Waals surface area (Å²) >= 11 is 0. The van der Waals surface area contributed by atoms with Crippen molar-refractivity contribution in [2.45, 2.75) is 32.2 Å². The van der Waals surface area contributed by atoms with Crippen molar-refractivity contribution in [2.75, 3.05) is 26.7 Å². The van der Waals surface area contributed by atoms with E-state index in [4.69, 9.17) is 0 Å². The van der Waals surface area contributed by atoms with E-state index in [1.165, 1.54) is 17.9 Å². The van der Waals surface area contributed by atoms with Crippen molar-refractivity contribution in [1.29, 1.82) is 0 Å². The lowest BCUT2D eigenvalue weighted by Crippen LogP contribution is -2.39. The first-order valence-corrected chi connectivity index (χ1v) is 9.47. The number of piperidine rings is 1. The molecule has 28 heavy (non-hydrogen) atoms. The molecule has 0 atom stereocenters. The van der Waals surface area contributed by atoms with Crippen LogP contribution in [-0.2, 0) is 25.4 Å². The molecule has 10 heteroatoms. The van der Waals surface area contributed by atoms with Gasteiger partial charge in [-0.1, -0.05) is 0 Å². The third kappa shape index (κ3) is 4.30. The number of aromatic nitrogens is 4. The number of amides is 1. The third-order valence-electron chi connectivity index (χ3n) is 5.55. The summed E-state index contributed by atoms with van der Waals surface area (Å²) in [6.45, 7) is 2.99. The van der Waals surface area contributed by atoms with E-state index in [1.54, 1.807) is 11.6 Å². The standard InChI is InChI=1S/C18H28N6O3.ClH/c1-19-8-4-13-5-9-23(10-6-13)14(25)7-11-24-12-20-16-15(24)17(26)22(3)18(27)21(16)2;/h12-13,19H,4-11H2,1-3H3;1H. The number of rotatable bonds is 6. The van der Waals surface area contributed by atoms with Crippen molar-refractivity contribution in [3.8, 4) is 0 Å². The lowest BCUT2D eigenvalue weighted by atomic mass is 9.93. The summed E-state index contributed by atoms with van der Waals surface area (Å²) in [4.78, 5) is 43.1. The van der Waals surface area contributed by atoms with Crippen molar-refractivity contribution in [1.82, 2.24) is 28.9 Å². The van der Waals surface area contributed by atoms with Gasteiger partial charge in [0.15, 0.2) is 11.2 Å². The maximum atomic E-state index is 12.6. The predicted molar refractivity (Wildman–Crippen MR) is 110 cm³/mol. The number of fused-ring (bicyclic) bond motifs is 1. The minimum Gasteiger partial charge on any atom is -0.343 e. The van der Waals surface area contributed by atoms with Crippen LogP contribution in [0.15, 0.2) is 15.9 Å². The SMILES string of the molecule is CNCCC1CCN(C(=O)CCn2cnc3c2c(=O)n(C)c(=O)n3C)CC1.Cl. The summed E-state index contributed by atoms with van der Waals surface area (Å²) in [5.41, 5.74) is -0.0857. The Labute approximate surface area is 169 Å². The van der Waals surface area contributed by atoms with E-state index in [9.17, 15) is 14.4 Å². The van der Waals surface area contributed by atoms with Gasteiger partial charge in [0.1, 0.15) is 0 Å². The first-order chi connectivity index (χ1) is 12.9. The maximum absolute atomic E-state index is 12.6. The molecule has 0 bridgehead atoms. The lowest BCUT2D eigenvalue weighted by Gasteiger charge is -2.32. The molecule has 9 nitrogen and oxygen atoms in total. The first kappa shape index (κ1) is 22.2. The summed E-state index contributed by atoms with van der Waals surface area (Å²) in [6, 6.07) is 0. The van der Waals surface area contributed by atoms with Crippen LogP contribution in [0.3, 0.4) is 0 Å². The molecule has 3 rings (SSSR count). The molecule has 0 unspecified atom stereocenters. The fourth-order valence-corrected chi connectivity index (χ4v) is 3.76. The van der Waals surface area contributed by atoms with E-state index < -0.39 is 5.69 Å². The van der Waals surface area contributed by atoms with E-state index in [2.05, 4.69) is 10.3 Å². The Hall–Kier alpha value is -2.13. The van der Waals surface area contributed by atoms with E-state index in [0.717, 1.165) is 43.5 Å². The van der Waals surface area contributed by atoms with Crippen LogP contribution in [0.25, 0.3) is 11.2 Å². The van der Waals surface area contributed by atoms with E-state index in [0.29, 0.717) is 30.0 Å². The van der Waals surface area contributed by atoms with Gasteiger partial charge in [0, 0.05) is 40.2 Å². The normalized spacial score (nSPS) is 15.0. The van der Waals surface area contributed by atoms with Gasteiger partial charge in [0.2, 0.25) is 5.91 Å². The first-order valence-electron chi connectivity index (χ1n) is 9.47. The van der Waals surface area contributed by atoms with Crippen LogP contribution in [0.5, 0.6) is 0 Å². The molecule has 1 saturated heterocycles. The third-order valence-corrected chi connectivity index (χ3v) is 5.55. The molecule has 0 saturated carbocycles. The van der Waals surface area contributed by atoms with Gasteiger partial charge < -0.3 is 14.8 Å². The van der Waals surface area contributed by atoms with Crippen LogP contribution in [0.2, 0.25) is 0 Å². The van der Waals surface area contributed by atoms with Gasteiger partial charge in [-0.05, 0) is 38.8 Å². The monoisotopic (exact) mass is 412 g/mol. The fraction of sp³-hybridized carbons (Fsp3) is 0.667. The molecule has 1 amide bonds. The molecule has 0 radical (unpaired) electrons. The number of imidazole rings is 1. The van der Waals surface area contributed by atoms with E-state index >= 15 is 0 Å². The van der Waals surface area contributed by atoms with Gasteiger partial charge in [-0.2, -0.15) is 0 Å². The highest BCUT2D eigenvalue weighted by atomic mass is 35.5. The van der Waals surface area contributed by atoms with Gasteiger partial charge in [-0.3, -0.25) is 18.7 Å². The van der Waals surface area contributed by atoms with Crippen LogP contribution in [0, 0.1) is 5.92 Å². The Morgan fingerprint density at radius 1 is 1.21 bits per heavy atom. The number of aryl methyl sites for hydroxylation is 2. The largest absolute Gasteiger partial charge is 0.343 e. The Morgan fingerprint density at radius 3 is 2.54 bits per heavy atom. The zero-order valence-corrected chi connectivity index (χ0v) is 17.5. The van der Waals surface area contributed by atoms with Crippen LogP contribution in [-0.4, -0.2) is 56.2 Å². The second-order valence-electron chi connectivity index (χ2n) is 7.28. The van der Waals surface area contributed by atoms with Crippen molar-refractivity contribution in [2.24, 2.45) is 20.0 Å². The van der Waals surface area contributed by atoms with Gasteiger partial charge in [-0.25, -0.2) is 9.78 Å². The second-order valence-corrected chi connectivity index (χ2v) is 7.28. The van der Waals surface area contributed by atoms with Crippen molar-refractivity contribution in [3.05, 3.63) is 27.2 Å². The summed E-state index contributed by atoms with van der Waals surface area (Å²) < 4.78 is 4.10. The van der Waals surface area contributed by atoms with Gasteiger partial charge >= 0.3 is 5.69 Å². The molecule has 2 aromatic heterocycles. The molecule has 0 aromatic carbocycles. The quantitative estimate of drug-likeness (QED) is 0.725. The summed E-state index contributed by atoms with van der Waals surface area (Å²) in [7, 11) is 5.00. The van der Waals surface area contributed by atoms with Crippen LogP contribution >= 0.6 is 12.4 Å². The molecule has 2 aromatic rings. The molecule has 1 fully saturated rings. The molecule has 1 aliphatic heterocycles. The highest BCUT2D eigenvalue weighted by Gasteiger charge is 2.22. The number of halogens is 1. The number of likely N-dealkylation sites (tertiary alicyclic amines) is 1. The van der Waals surface area contributed by atoms with Crippen LogP contribution in [0.4, 0.5) is 0 Å². The summed E-state index contributed by atoms with van der Waals surface area (Å²) in [5.74, 6) is 0.786. The second kappa shape index (κ2) is 9.38. The van der Waals surface area contributed by atoms with Gasteiger partial charge in [0.25, 0.3) is 5.56 Å². The molecular formula is C18H29ClN6O3. The Bertz CT molecular complexity index is 939. The van der Waals surface area contributed by atoms with Crippen molar-refractivity contribution in [3.63, 3.8) is 0 Å². The molecule has 156 valence electrons. The zero-order valence-electron chi connectivity index (χ0n) is 16.7. The number of carbonyl (C=O) groups is 1.